The summed E-state index contributed by atoms with van der Waals surface area (Å²) in [6.45, 7) is 2.13. The van der Waals surface area contributed by atoms with Gasteiger partial charge in [0, 0.05) is 31.2 Å². The summed E-state index contributed by atoms with van der Waals surface area (Å²) in [5.41, 5.74) is 2.57. The molecule has 1 aliphatic rings. The molecule has 3 heteroatoms. The summed E-state index contributed by atoms with van der Waals surface area (Å²) in [7, 11) is 0. The number of aryl methyl sites for hydroxylation is 3. The fourth-order valence-corrected chi connectivity index (χ4v) is 2.47. The minimum atomic E-state index is 1.05. The van der Waals surface area contributed by atoms with Crippen LogP contribution in [0.1, 0.15) is 24.1 Å². The van der Waals surface area contributed by atoms with Crippen LogP contribution >= 0.6 is 0 Å². The van der Waals surface area contributed by atoms with E-state index >= 15 is 0 Å². The molecule has 0 aliphatic carbocycles. The highest BCUT2D eigenvalue weighted by molar-refractivity contribution is 5.46. The first-order valence-corrected chi connectivity index (χ1v) is 6.75. The van der Waals surface area contributed by atoms with Crippen molar-refractivity contribution in [1.82, 2.24) is 9.55 Å². The van der Waals surface area contributed by atoms with Gasteiger partial charge in [-0.25, -0.2) is 4.98 Å². The van der Waals surface area contributed by atoms with Gasteiger partial charge in [-0.15, -0.1) is 0 Å². The summed E-state index contributed by atoms with van der Waals surface area (Å²) in [6, 6.07) is 8.56. The highest BCUT2D eigenvalue weighted by atomic mass is 15.0. The van der Waals surface area contributed by atoms with Crippen LogP contribution in [0, 0.1) is 0 Å². The monoisotopic (exact) mass is 241 g/mol. The number of hydrogen-bond acceptors (Lipinski definition) is 2. The molecule has 0 atom stereocenters. The van der Waals surface area contributed by atoms with Gasteiger partial charge in [0.05, 0.1) is 0 Å². The Morgan fingerprint density at radius 3 is 3.00 bits per heavy atom. The molecule has 0 saturated carbocycles. The maximum Gasteiger partial charge on any atom is 0.129 e. The van der Waals surface area contributed by atoms with Crippen LogP contribution < -0.4 is 5.32 Å². The van der Waals surface area contributed by atoms with Crippen molar-refractivity contribution in [3.63, 3.8) is 0 Å². The van der Waals surface area contributed by atoms with Crippen molar-refractivity contribution >= 4 is 5.82 Å². The largest absolute Gasteiger partial charge is 0.370 e. The third-order valence-corrected chi connectivity index (χ3v) is 3.47. The summed E-state index contributed by atoms with van der Waals surface area (Å²) >= 11 is 0. The maximum atomic E-state index is 4.71. The van der Waals surface area contributed by atoms with Crippen LogP contribution in [-0.4, -0.2) is 16.1 Å². The number of nitrogens with zero attached hydrogens (tertiary/aromatic N) is 2. The van der Waals surface area contributed by atoms with E-state index in [9.17, 15) is 0 Å². The standard InChI is InChI=1S/C15H19N3/c1-2-11-18(10-1)12-4-6-14-8-7-13-5-3-9-16-15(13)17-14/h1-2,7-8,10-11H,3-6,9,12H2,(H,16,17). The van der Waals surface area contributed by atoms with Gasteiger partial charge in [-0.1, -0.05) is 6.07 Å². The zero-order valence-corrected chi connectivity index (χ0v) is 10.6. The summed E-state index contributed by atoms with van der Waals surface area (Å²) in [5.74, 6) is 1.11. The molecule has 0 amide bonds. The average molecular weight is 241 g/mol. The number of hydrogen-bond donors (Lipinski definition) is 1. The Bertz CT molecular complexity index is 502. The Balaban J connectivity index is 1.59. The molecular formula is C15H19N3. The second-order valence-electron chi connectivity index (χ2n) is 4.87. The van der Waals surface area contributed by atoms with Crippen molar-refractivity contribution in [3.8, 4) is 0 Å². The van der Waals surface area contributed by atoms with Crippen molar-refractivity contribution in [2.75, 3.05) is 11.9 Å². The van der Waals surface area contributed by atoms with E-state index in [1.54, 1.807) is 0 Å². The summed E-state index contributed by atoms with van der Waals surface area (Å²) in [4.78, 5) is 4.71. The lowest BCUT2D eigenvalue weighted by molar-refractivity contribution is 0.639. The quantitative estimate of drug-likeness (QED) is 0.892. The molecule has 0 aromatic carbocycles. The lowest BCUT2D eigenvalue weighted by atomic mass is 10.1. The topological polar surface area (TPSA) is 29.9 Å². The average Bonchev–Trinajstić information content (AvgIpc) is 2.92. The lowest BCUT2D eigenvalue weighted by Gasteiger charge is -2.17. The second kappa shape index (κ2) is 5.25. The number of anilines is 1. The lowest BCUT2D eigenvalue weighted by Crippen LogP contribution is -2.14. The first kappa shape index (κ1) is 11.3. The fourth-order valence-electron chi connectivity index (χ4n) is 2.47. The SMILES string of the molecule is c1ccn(CCCc2ccc3c(n2)NCCC3)c1. The zero-order valence-electron chi connectivity index (χ0n) is 10.6. The van der Waals surface area contributed by atoms with E-state index in [2.05, 4.69) is 46.5 Å². The van der Waals surface area contributed by atoms with Gasteiger partial charge in [0.2, 0.25) is 0 Å². The van der Waals surface area contributed by atoms with Gasteiger partial charge in [-0.05, 0) is 49.4 Å². The predicted octanol–water partition coefficient (Wildman–Crippen LogP) is 2.87. The van der Waals surface area contributed by atoms with Crippen LogP contribution in [0.4, 0.5) is 5.82 Å². The van der Waals surface area contributed by atoms with Crippen LogP contribution in [0.15, 0.2) is 36.7 Å². The van der Waals surface area contributed by atoms with Gasteiger partial charge in [0.1, 0.15) is 5.82 Å². The number of pyridine rings is 1. The summed E-state index contributed by atoms with van der Waals surface area (Å²) in [5, 5.41) is 3.39. The van der Waals surface area contributed by atoms with E-state index in [-0.39, 0.29) is 0 Å². The van der Waals surface area contributed by atoms with Crippen LogP contribution in [0.2, 0.25) is 0 Å². The van der Waals surface area contributed by atoms with E-state index in [4.69, 9.17) is 4.98 Å². The molecular weight excluding hydrogens is 222 g/mol. The van der Waals surface area contributed by atoms with Crippen LogP contribution in [0.5, 0.6) is 0 Å². The molecule has 1 N–H and O–H groups in total. The number of nitrogens with one attached hydrogen (secondary N) is 1. The molecule has 0 fully saturated rings. The summed E-state index contributed by atoms with van der Waals surface area (Å²) in [6.07, 6.45) is 8.80. The minimum absolute atomic E-state index is 1.05. The third-order valence-electron chi connectivity index (χ3n) is 3.47. The van der Waals surface area contributed by atoms with E-state index in [1.165, 1.54) is 24.1 Å². The van der Waals surface area contributed by atoms with Crippen molar-refractivity contribution in [1.29, 1.82) is 0 Å². The molecule has 18 heavy (non-hydrogen) atoms. The Labute approximate surface area is 108 Å². The minimum Gasteiger partial charge on any atom is -0.370 e. The Kier molecular flexibility index (Phi) is 3.31. The van der Waals surface area contributed by atoms with E-state index in [0.717, 1.165) is 31.7 Å². The van der Waals surface area contributed by atoms with E-state index in [0.29, 0.717) is 0 Å². The molecule has 0 bridgehead atoms. The maximum absolute atomic E-state index is 4.71. The Morgan fingerprint density at radius 2 is 2.11 bits per heavy atom. The van der Waals surface area contributed by atoms with Crippen molar-refractivity contribution < 1.29 is 0 Å². The first-order valence-electron chi connectivity index (χ1n) is 6.75. The van der Waals surface area contributed by atoms with E-state index < -0.39 is 0 Å². The fraction of sp³-hybridized carbons (Fsp3) is 0.400. The van der Waals surface area contributed by atoms with Gasteiger partial charge in [0.25, 0.3) is 0 Å². The second-order valence-corrected chi connectivity index (χ2v) is 4.87. The zero-order chi connectivity index (χ0) is 12.2. The molecule has 3 heterocycles. The van der Waals surface area contributed by atoms with Crippen LogP contribution in [0.25, 0.3) is 0 Å². The highest BCUT2D eigenvalue weighted by Gasteiger charge is 2.09. The van der Waals surface area contributed by atoms with Gasteiger partial charge >= 0.3 is 0 Å². The molecule has 3 rings (SSSR count). The molecule has 1 aliphatic heterocycles. The number of fused-ring (bicyclic) bond motifs is 1. The summed E-state index contributed by atoms with van der Waals surface area (Å²) < 4.78 is 2.22. The molecule has 2 aromatic rings. The molecule has 94 valence electrons. The van der Waals surface area contributed by atoms with Gasteiger partial charge in [-0.2, -0.15) is 0 Å². The predicted molar refractivity (Wildman–Crippen MR) is 73.8 cm³/mol. The normalized spacial score (nSPS) is 14.0. The first-order chi connectivity index (χ1) is 8.92. The molecule has 3 nitrogen and oxygen atoms in total. The van der Waals surface area contributed by atoms with Crippen molar-refractivity contribution in [2.24, 2.45) is 0 Å². The smallest absolute Gasteiger partial charge is 0.129 e. The van der Waals surface area contributed by atoms with Gasteiger partial charge < -0.3 is 9.88 Å². The molecule has 0 radical (unpaired) electrons. The van der Waals surface area contributed by atoms with Crippen molar-refractivity contribution in [3.05, 3.63) is 47.9 Å². The molecule has 0 saturated heterocycles. The van der Waals surface area contributed by atoms with Gasteiger partial charge in [-0.3, -0.25) is 0 Å². The third kappa shape index (κ3) is 2.55. The number of rotatable bonds is 4. The van der Waals surface area contributed by atoms with Crippen LogP contribution in [-0.2, 0) is 19.4 Å². The van der Waals surface area contributed by atoms with Crippen LogP contribution in [0.3, 0.4) is 0 Å². The number of aromatic nitrogens is 2. The molecule has 2 aromatic heterocycles. The Hall–Kier alpha value is -1.77. The van der Waals surface area contributed by atoms with Gasteiger partial charge in [0.15, 0.2) is 0 Å². The molecule has 0 unspecified atom stereocenters. The molecule has 0 spiro atoms. The Morgan fingerprint density at radius 1 is 1.22 bits per heavy atom. The van der Waals surface area contributed by atoms with E-state index in [1.807, 2.05) is 0 Å². The highest BCUT2D eigenvalue weighted by Crippen LogP contribution is 2.20. The van der Waals surface area contributed by atoms with Crippen molar-refractivity contribution in [2.45, 2.75) is 32.2 Å².